The zero-order valence-corrected chi connectivity index (χ0v) is 24.2. The molecule has 6 rings (SSSR count). The predicted molar refractivity (Wildman–Crippen MR) is 156 cm³/mol. The number of thioether (sulfide) groups is 1. The number of nitrogens with zero attached hydrogens (tertiary/aromatic N) is 5. The van der Waals surface area contributed by atoms with E-state index in [1.807, 2.05) is 79.7 Å². The van der Waals surface area contributed by atoms with Gasteiger partial charge in [-0.05, 0) is 46.2 Å². The van der Waals surface area contributed by atoms with Gasteiger partial charge in [-0.3, -0.25) is 14.5 Å². The summed E-state index contributed by atoms with van der Waals surface area (Å²) in [5, 5.41) is 14.8. The molecular formula is C31H28N6O5S. The molecular weight excluding hydrogens is 568 g/mol. The van der Waals surface area contributed by atoms with E-state index < -0.39 is 36.2 Å². The maximum atomic E-state index is 14.0. The Morgan fingerprint density at radius 2 is 1.67 bits per heavy atom. The first-order valence-electron chi connectivity index (χ1n) is 13.6. The van der Waals surface area contributed by atoms with Crippen LogP contribution in [0.3, 0.4) is 0 Å². The van der Waals surface area contributed by atoms with Crippen LogP contribution in [0.5, 0.6) is 0 Å². The highest BCUT2D eigenvalue weighted by Crippen LogP contribution is 2.37. The van der Waals surface area contributed by atoms with Crippen molar-refractivity contribution in [1.82, 2.24) is 30.4 Å². The molecule has 3 heterocycles. The Hall–Kier alpha value is -4.81. The van der Waals surface area contributed by atoms with E-state index in [2.05, 4.69) is 20.8 Å². The molecule has 12 heteroatoms. The van der Waals surface area contributed by atoms with Crippen LogP contribution in [0.25, 0.3) is 0 Å². The number of aromatic nitrogens is 4. The highest BCUT2D eigenvalue weighted by molar-refractivity contribution is 7.99. The first-order valence-corrected chi connectivity index (χ1v) is 14.6. The van der Waals surface area contributed by atoms with Crippen molar-refractivity contribution in [3.05, 3.63) is 118 Å². The predicted octanol–water partition coefficient (Wildman–Crippen LogP) is 3.19. The summed E-state index contributed by atoms with van der Waals surface area (Å²) in [6, 6.07) is 24.9. The number of esters is 1. The van der Waals surface area contributed by atoms with E-state index in [-0.39, 0.29) is 18.1 Å². The lowest BCUT2D eigenvalue weighted by atomic mass is 9.98. The molecule has 2 atom stereocenters. The number of β-lactam (4-membered cyclic amide) rings is 1. The maximum absolute atomic E-state index is 14.0. The van der Waals surface area contributed by atoms with Crippen LogP contribution in [-0.4, -0.2) is 67.5 Å². The number of fused-ring (bicyclic) bond motifs is 1. The van der Waals surface area contributed by atoms with Crippen molar-refractivity contribution in [3.63, 3.8) is 0 Å². The topological polar surface area (TPSA) is 129 Å². The van der Waals surface area contributed by atoms with Gasteiger partial charge in [0, 0.05) is 18.4 Å². The zero-order chi connectivity index (χ0) is 29.9. The third kappa shape index (κ3) is 5.79. The van der Waals surface area contributed by atoms with Gasteiger partial charge in [-0.2, -0.15) is 0 Å². The van der Waals surface area contributed by atoms with Gasteiger partial charge in [-0.1, -0.05) is 90.1 Å². The molecule has 2 amide bonds. The molecule has 43 heavy (non-hydrogen) atoms. The smallest absolute Gasteiger partial charge is 0.356 e. The van der Waals surface area contributed by atoms with E-state index in [4.69, 9.17) is 9.47 Å². The minimum atomic E-state index is -0.951. The summed E-state index contributed by atoms with van der Waals surface area (Å²) in [6.45, 7) is 1.98. The molecule has 0 aliphatic carbocycles. The van der Waals surface area contributed by atoms with E-state index in [9.17, 15) is 14.4 Å². The molecule has 1 fully saturated rings. The Morgan fingerprint density at radius 3 is 2.28 bits per heavy atom. The lowest BCUT2D eigenvalue weighted by Crippen LogP contribution is -2.73. The number of hydrogen-bond donors (Lipinski definition) is 1. The standard InChI is InChI=1S/C31H28N6O5S/c1-19-13-15-22(16-14-19)27(38)32-24-28(39)37-25(23(17-41-29(24)37)18-43-31-33-34-35-36(31)2)30(40)42-26(20-9-5-3-6-10-20)21-11-7-4-8-12-21/h3-16,24,26,29H,17-18H2,1-2H3,(H,32,38)/t24-,29-/m1/s1. The lowest BCUT2D eigenvalue weighted by Gasteiger charge is -2.49. The average molecular weight is 597 g/mol. The summed E-state index contributed by atoms with van der Waals surface area (Å²) in [7, 11) is 1.71. The number of amides is 2. The summed E-state index contributed by atoms with van der Waals surface area (Å²) < 4.78 is 13.7. The number of aryl methyl sites for hydroxylation is 2. The van der Waals surface area contributed by atoms with E-state index >= 15 is 0 Å². The largest absolute Gasteiger partial charge is 0.448 e. The van der Waals surface area contributed by atoms with Gasteiger partial charge in [0.25, 0.3) is 11.8 Å². The van der Waals surface area contributed by atoms with Crippen LogP contribution in [-0.2, 0) is 26.1 Å². The molecule has 2 aliphatic rings. The van der Waals surface area contributed by atoms with Gasteiger partial charge >= 0.3 is 5.97 Å². The van der Waals surface area contributed by atoms with E-state index in [0.717, 1.165) is 16.7 Å². The monoisotopic (exact) mass is 596 g/mol. The molecule has 0 radical (unpaired) electrons. The Labute approximate surface area is 251 Å². The molecule has 3 aromatic carbocycles. The molecule has 0 unspecified atom stereocenters. The molecule has 0 spiro atoms. The van der Waals surface area contributed by atoms with Crippen molar-refractivity contribution in [1.29, 1.82) is 0 Å². The summed E-state index contributed by atoms with van der Waals surface area (Å²) in [5.74, 6) is -1.26. The molecule has 1 N–H and O–H groups in total. The Bertz CT molecular complexity index is 1640. The van der Waals surface area contributed by atoms with Crippen LogP contribution >= 0.6 is 11.8 Å². The fraction of sp³-hybridized carbons (Fsp3) is 0.226. The second-order valence-electron chi connectivity index (χ2n) is 10.2. The third-order valence-corrected chi connectivity index (χ3v) is 8.32. The summed E-state index contributed by atoms with van der Waals surface area (Å²) >= 11 is 1.30. The molecule has 0 saturated carbocycles. The number of tetrazole rings is 1. The van der Waals surface area contributed by atoms with Gasteiger partial charge in [0.15, 0.2) is 18.4 Å². The third-order valence-electron chi connectivity index (χ3n) is 7.23. The number of carbonyl (C=O) groups excluding carboxylic acids is 3. The highest BCUT2D eigenvalue weighted by atomic mass is 32.2. The van der Waals surface area contributed by atoms with Gasteiger partial charge in [-0.25, -0.2) is 9.48 Å². The van der Waals surface area contributed by atoms with Gasteiger partial charge < -0.3 is 14.8 Å². The summed E-state index contributed by atoms with van der Waals surface area (Å²) in [6.07, 6.45) is -1.57. The number of ether oxygens (including phenoxy) is 2. The fourth-order valence-corrected chi connectivity index (χ4v) is 5.80. The van der Waals surface area contributed by atoms with Crippen LogP contribution in [0, 0.1) is 6.92 Å². The van der Waals surface area contributed by atoms with Crippen LogP contribution in [0.15, 0.2) is 101 Å². The summed E-state index contributed by atoms with van der Waals surface area (Å²) in [4.78, 5) is 41.8. The van der Waals surface area contributed by atoms with Crippen LogP contribution in [0.2, 0.25) is 0 Å². The number of hydrogen-bond acceptors (Lipinski definition) is 9. The fourth-order valence-electron chi connectivity index (χ4n) is 4.95. The molecule has 4 aromatic rings. The van der Waals surface area contributed by atoms with Crippen LogP contribution in [0.4, 0.5) is 0 Å². The van der Waals surface area contributed by atoms with Crippen molar-refractivity contribution < 1.29 is 23.9 Å². The molecule has 0 bridgehead atoms. The van der Waals surface area contributed by atoms with Crippen LogP contribution in [0.1, 0.15) is 33.2 Å². The van der Waals surface area contributed by atoms with Crippen molar-refractivity contribution in [2.24, 2.45) is 7.05 Å². The molecule has 1 aromatic heterocycles. The second-order valence-corrected chi connectivity index (χ2v) is 11.1. The molecule has 2 aliphatic heterocycles. The van der Waals surface area contributed by atoms with E-state index in [1.54, 1.807) is 19.2 Å². The van der Waals surface area contributed by atoms with Crippen LogP contribution < -0.4 is 5.32 Å². The Morgan fingerprint density at radius 1 is 1.02 bits per heavy atom. The molecule has 11 nitrogen and oxygen atoms in total. The average Bonchev–Trinajstić information content (AvgIpc) is 3.46. The normalized spacial score (nSPS) is 17.8. The number of benzene rings is 3. The van der Waals surface area contributed by atoms with Gasteiger partial charge in [-0.15, -0.1) is 5.10 Å². The minimum absolute atomic E-state index is 0.0510. The minimum Gasteiger partial charge on any atom is -0.448 e. The SMILES string of the molecule is Cc1ccc(C(=O)N[C@@H]2C(=O)N3C(C(=O)OC(c4ccccc4)c4ccccc4)=C(CSc4nnnn4C)CO[C@H]23)cc1. The maximum Gasteiger partial charge on any atom is 0.356 e. The van der Waals surface area contributed by atoms with Crippen molar-refractivity contribution >= 4 is 29.5 Å². The van der Waals surface area contributed by atoms with E-state index in [1.165, 1.54) is 21.3 Å². The number of nitrogens with one attached hydrogen (secondary N) is 1. The van der Waals surface area contributed by atoms with E-state index in [0.29, 0.717) is 16.3 Å². The molecule has 218 valence electrons. The number of carbonyl (C=O) groups is 3. The first kappa shape index (κ1) is 28.3. The van der Waals surface area contributed by atoms with Crippen molar-refractivity contribution in [2.45, 2.75) is 30.5 Å². The second kappa shape index (κ2) is 12.2. The Balaban J connectivity index is 1.29. The lowest BCUT2D eigenvalue weighted by molar-refractivity contribution is -0.184. The zero-order valence-electron chi connectivity index (χ0n) is 23.4. The highest BCUT2D eigenvalue weighted by Gasteiger charge is 2.55. The first-order chi connectivity index (χ1) is 20.9. The quantitative estimate of drug-likeness (QED) is 0.176. The van der Waals surface area contributed by atoms with Gasteiger partial charge in [0.1, 0.15) is 5.70 Å². The van der Waals surface area contributed by atoms with Gasteiger partial charge in [0.05, 0.1) is 6.61 Å². The van der Waals surface area contributed by atoms with Crippen molar-refractivity contribution in [3.8, 4) is 0 Å². The van der Waals surface area contributed by atoms with Gasteiger partial charge in [0.2, 0.25) is 5.16 Å². The van der Waals surface area contributed by atoms with Crippen molar-refractivity contribution in [2.75, 3.05) is 12.4 Å². The Kier molecular flexibility index (Phi) is 8.03. The molecule has 1 saturated heterocycles. The number of rotatable bonds is 9. The summed E-state index contributed by atoms with van der Waals surface area (Å²) in [5.41, 5.74) is 3.65.